The van der Waals surface area contributed by atoms with E-state index in [0.29, 0.717) is 17.4 Å². The summed E-state index contributed by atoms with van der Waals surface area (Å²) in [5, 5.41) is 2.11. The first-order valence-corrected chi connectivity index (χ1v) is 11.3. The first kappa shape index (κ1) is 23.6. The molecule has 0 saturated carbocycles. The Morgan fingerprint density at radius 2 is 1.72 bits per heavy atom. The Labute approximate surface area is 196 Å². The topological polar surface area (TPSA) is 76.7 Å². The van der Waals surface area contributed by atoms with Gasteiger partial charge in [0.2, 0.25) is 0 Å². The average molecular weight is 499 g/mol. The first-order chi connectivity index (χ1) is 15.4. The maximum Gasteiger partial charge on any atom is 0.279 e. The second-order valence-corrected chi connectivity index (χ2v) is 8.45. The normalized spacial score (nSPS) is 12.6. The summed E-state index contributed by atoms with van der Waals surface area (Å²) >= 11 is 3.48. The quantitative estimate of drug-likeness (QED) is 0.423. The minimum Gasteiger partial charge on any atom is -0.483 e. The molecule has 2 atom stereocenters. The second-order valence-electron chi connectivity index (χ2n) is 7.59. The molecule has 0 bridgehead atoms. The molecule has 0 aromatic heterocycles. The Hall–Kier alpha value is -3.06. The maximum atomic E-state index is 12.3. The minimum atomic E-state index is -0.792. The van der Waals surface area contributed by atoms with Crippen molar-refractivity contribution in [3.63, 3.8) is 0 Å². The van der Waals surface area contributed by atoms with Crippen LogP contribution in [-0.2, 0) is 9.59 Å². The zero-order valence-corrected chi connectivity index (χ0v) is 19.9. The molecule has 0 heterocycles. The molecule has 32 heavy (non-hydrogen) atoms. The van der Waals surface area contributed by atoms with E-state index in [2.05, 4.69) is 40.6 Å². The molecule has 6 nitrogen and oxygen atoms in total. The Balaban J connectivity index is 1.46. The van der Waals surface area contributed by atoms with Crippen LogP contribution in [0.1, 0.15) is 38.7 Å². The van der Waals surface area contributed by atoms with Crippen molar-refractivity contribution in [2.24, 2.45) is 0 Å². The third-order valence-electron chi connectivity index (χ3n) is 5.22. The van der Waals surface area contributed by atoms with Crippen LogP contribution < -0.4 is 20.3 Å². The monoisotopic (exact) mass is 498 g/mol. The number of hydrazine groups is 1. The van der Waals surface area contributed by atoms with Crippen molar-refractivity contribution in [2.75, 3.05) is 6.61 Å². The summed E-state index contributed by atoms with van der Waals surface area (Å²) < 4.78 is 12.0. The summed E-state index contributed by atoms with van der Waals surface area (Å²) in [7, 11) is 0. The average Bonchev–Trinajstić information content (AvgIpc) is 2.80. The SMILES string of the molecule is CCC(C)c1ccc(OCC(=O)NNC(=O)C(C)Oc2ccc3ccccc3c2)c(Br)c1. The Morgan fingerprint density at radius 3 is 2.44 bits per heavy atom. The highest BCUT2D eigenvalue weighted by atomic mass is 79.9. The van der Waals surface area contributed by atoms with E-state index in [0.717, 1.165) is 21.7 Å². The molecule has 3 aromatic carbocycles. The van der Waals surface area contributed by atoms with E-state index in [1.807, 2.05) is 60.7 Å². The van der Waals surface area contributed by atoms with Crippen molar-refractivity contribution in [1.82, 2.24) is 10.9 Å². The van der Waals surface area contributed by atoms with Crippen molar-refractivity contribution in [2.45, 2.75) is 39.2 Å². The van der Waals surface area contributed by atoms with Gasteiger partial charge in [0.25, 0.3) is 11.8 Å². The summed E-state index contributed by atoms with van der Waals surface area (Å²) in [6.45, 7) is 5.67. The van der Waals surface area contributed by atoms with E-state index in [1.54, 1.807) is 6.92 Å². The second kappa shape index (κ2) is 11.0. The van der Waals surface area contributed by atoms with Gasteiger partial charge in [-0.05, 0) is 75.8 Å². The van der Waals surface area contributed by atoms with Gasteiger partial charge in [0, 0.05) is 0 Å². The molecule has 3 aromatic rings. The number of amides is 2. The number of fused-ring (bicyclic) bond motifs is 1. The maximum absolute atomic E-state index is 12.3. The van der Waals surface area contributed by atoms with Gasteiger partial charge < -0.3 is 9.47 Å². The molecule has 0 spiro atoms. The Kier molecular flexibility index (Phi) is 8.11. The van der Waals surface area contributed by atoms with E-state index >= 15 is 0 Å². The standard InChI is InChI=1S/C25H27BrN2O4/c1-4-16(2)19-10-12-23(22(26)14-19)31-15-24(29)27-28-25(30)17(3)32-21-11-9-18-7-5-6-8-20(18)13-21/h5-14,16-17H,4,15H2,1-3H3,(H,27,29)(H,28,30). The number of carbonyl (C=O) groups is 2. The van der Waals surface area contributed by atoms with Gasteiger partial charge in [-0.3, -0.25) is 20.4 Å². The molecular formula is C25H27BrN2O4. The smallest absolute Gasteiger partial charge is 0.279 e. The lowest BCUT2D eigenvalue weighted by molar-refractivity contribution is -0.133. The largest absolute Gasteiger partial charge is 0.483 e. The number of ether oxygens (including phenoxy) is 2. The highest BCUT2D eigenvalue weighted by Crippen LogP contribution is 2.30. The molecule has 0 aliphatic carbocycles. The van der Waals surface area contributed by atoms with Crippen molar-refractivity contribution in [3.8, 4) is 11.5 Å². The van der Waals surface area contributed by atoms with E-state index in [-0.39, 0.29) is 6.61 Å². The number of nitrogens with one attached hydrogen (secondary N) is 2. The highest BCUT2D eigenvalue weighted by Gasteiger charge is 2.16. The molecule has 0 radical (unpaired) electrons. The van der Waals surface area contributed by atoms with Crippen LogP contribution in [0.15, 0.2) is 65.1 Å². The van der Waals surface area contributed by atoms with Crippen molar-refractivity contribution in [1.29, 1.82) is 0 Å². The molecule has 3 rings (SSSR count). The van der Waals surface area contributed by atoms with Gasteiger partial charge in [-0.1, -0.05) is 50.2 Å². The van der Waals surface area contributed by atoms with Crippen LogP contribution >= 0.6 is 15.9 Å². The first-order valence-electron chi connectivity index (χ1n) is 10.5. The molecule has 0 aliphatic rings. The minimum absolute atomic E-state index is 0.235. The number of carbonyl (C=O) groups excluding carboxylic acids is 2. The van der Waals surface area contributed by atoms with Gasteiger partial charge >= 0.3 is 0 Å². The van der Waals surface area contributed by atoms with Gasteiger partial charge in [-0.15, -0.1) is 0 Å². The molecule has 7 heteroatoms. The lowest BCUT2D eigenvalue weighted by atomic mass is 9.99. The predicted octanol–water partition coefficient (Wildman–Crippen LogP) is 5.11. The van der Waals surface area contributed by atoms with Gasteiger partial charge in [0.05, 0.1) is 4.47 Å². The van der Waals surface area contributed by atoms with Crippen molar-refractivity contribution < 1.29 is 19.1 Å². The van der Waals surface area contributed by atoms with Gasteiger partial charge in [-0.25, -0.2) is 0 Å². The van der Waals surface area contributed by atoms with E-state index in [4.69, 9.17) is 9.47 Å². The van der Waals surface area contributed by atoms with Gasteiger partial charge in [0.1, 0.15) is 11.5 Å². The summed E-state index contributed by atoms with van der Waals surface area (Å²) in [4.78, 5) is 24.3. The van der Waals surface area contributed by atoms with E-state index in [1.165, 1.54) is 5.56 Å². The fourth-order valence-electron chi connectivity index (χ4n) is 3.09. The number of benzene rings is 3. The third-order valence-corrected chi connectivity index (χ3v) is 5.84. The lowest BCUT2D eigenvalue weighted by Crippen LogP contribution is -2.48. The molecule has 2 amide bonds. The molecule has 0 fully saturated rings. The van der Waals surface area contributed by atoms with Gasteiger partial charge in [0.15, 0.2) is 12.7 Å². The number of rotatable bonds is 8. The lowest BCUT2D eigenvalue weighted by Gasteiger charge is -2.16. The summed E-state index contributed by atoms with van der Waals surface area (Å²) in [5.41, 5.74) is 5.91. The summed E-state index contributed by atoms with van der Waals surface area (Å²) in [6.07, 6.45) is 0.247. The molecule has 168 valence electrons. The summed E-state index contributed by atoms with van der Waals surface area (Å²) in [6, 6.07) is 19.3. The van der Waals surface area contributed by atoms with Crippen LogP contribution in [0.25, 0.3) is 10.8 Å². The highest BCUT2D eigenvalue weighted by molar-refractivity contribution is 9.10. The van der Waals surface area contributed by atoms with E-state index in [9.17, 15) is 9.59 Å². The Bertz CT molecular complexity index is 1100. The molecule has 0 aliphatic heterocycles. The van der Waals surface area contributed by atoms with Crippen LogP contribution in [0, 0.1) is 0 Å². The number of hydrogen-bond acceptors (Lipinski definition) is 4. The van der Waals surface area contributed by atoms with Crippen LogP contribution in [-0.4, -0.2) is 24.5 Å². The zero-order valence-electron chi connectivity index (χ0n) is 18.4. The molecule has 2 unspecified atom stereocenters. The molecule has 0 saturated heterocycles. The molecular weight excluding hydrogens is 472 g/mol. The van der Waals surface area contributed by atoms with E-state index < -0.39 is 17.9 Å². The fraction of sp³-hybridized carbons (Fsp3) is 0.280. The fourth-order valence-corrected chi connectivity index (χ4v) is 3.60. The van der Waals surface area contributed by atoms with Crippen molar-refractivity contribution >= 4 is 38.5 Å². The third kappa shape index (κ3) is 6.23. The van der Waals surface area contributed by atoms with Crippen LogP contribution in [0.4, 0.5) is 0 Å². The van der Waals surface area contributed by atoms with Crippen molar-refractivity contribution in [3.05, 3.63) is 70.7 Å². The Morgan fingerprint density at radius 1 is 0.969 bits per heavy atom. The number of hydrogen-bond donors (Lipinski definition) is 2. The van der Waals surface area contributed by atoms with Crippen LogP contribution in [0.3, 0.4) is 0 Å². The number of halogens is 1. The van der Waals surface area contributed by atoms with Crippen LogP contribution in [0.2, 0.25) is 0 Å². The summed E-state index contributed by atoms with van der Waals surface area (Å²) in [5.74, 6) is 0.635. The zero-order chi connectivity index (χ0) is 23.1. The predicted molar refractivity (Wildman–Crippen MR) is 129 cm³/mol. The molecule has 2 N–H and O–H groups in total. The van der Waals surface area contributed by atoms with Crippen LogP contribution in [0.5, 0.6) is 11.5 Å². The van der Waals surface area contributed by atoms with Gasteiger partial charge in [-0.2, -0.15) is 0 Å².